The van der Waals surface area contributed by atoms with E-state index in [1.165, 1.54) is 12.0 Å². The second-order valence-electron chi connectivity index (χ2n) is 5.56. The van der Waals surface area contributed by atoms with Crippen molar-refractivity contribution in [1.29, 1.82) is 0 Å². The molecule has 118 valence electrons. The molecule has 0 fully saturated rings. The van der Waals surface area contributed by atoms with Crippen molar-refractivity contribution in [2.75, 3.05) is 23.8 Å². The summed E-state index contributed by atoms with van der Waals surface area (Å²) >= 11 is 3.55. The Morgan fingerprint density at radius 3 is 2.64 bits per heavy atom. The van der Waals surface area contributed by atoms with Crippen LogP contribution < -0.4 is 10.2 Å². The van der Waals surface area contributed by atoms with E-state index in [1.54, 1.807) is 0 Å². The van der Waals surface area contributed by atoms with Crippen LogP contribution in [-0.4, -0.2) is 23.6 Å². The van der Waals surface area contributed by atoms with E-state index in [4.69, 9.17) is 0 Å². The van der Waals surface area contributed by atoms with Gasteiger partial charge in [-0.3, -0.25) is 0 Å². The van der Waals surface area contributed by atoms with E-state index in [2.05, 4.69) is 63.1 Å². The van der Waals surface area contributed by atoms with E-state index in [1.807, 2.05) is 25.1 Å². The molecule has 0 aliphatic carbocycles. The first-order chi connectivity index (χ1) is 10.5. The largest absolute Gasteiger partial charge is 0.360 e. The van der Waals surface area contributed by atoms with Crippen LogP contribution in [0.3, 0.4) is 0 Å². The highest BCUT2D eigenvalue weighted by Gasteiger charge is 2.07. The van der Waals surface area contributed by atoms with E-state index in [0.717, 1.165) is 34.6 Å². The van der Waals surface area contributed by atoms with Crippen molar-refractivity contribution in [3.05, 3.63) is 40.0 Å². The molecule has 5 heteroatoms. The van der Waals surface area contributed by atoms with Crippen LogP contribution in [0.2, 0.25) is 0 Å². The molecular formula is C17H23BrN4. The van der Waals surface area contributed by atoms with Crippen LogP contribution in [0.15, 0.2) is 28.7 Å². The zero-order valence-corrected chi connectivity index (χ0v) is 15.2. The van der Waals surface area contributed by atoms with Crippen molar-refractivity contribution >= 4 is 33.4 Å². The van der Waals surface area contributed by atoms with Gasteiger partial charge in [-0.1, -0.05) is 35.3 Å². The van der Waals surface area contributed by atoms with Crippen LogP contribution in [-0.2, 0) is 0 Å². The van der Waals surface area contributed by atoms with Gasteiger partial charge in [0.25, 0.3) is 0 Å². The molecule has 0 radical (unpaired) electrons. The SMILES string of the molecule is CCCCN(C)c1cc(C)nc(Nc2ccc(C)c(Br)c2)n1. The molecule has 0 bridgehead atoms. The highest BCUT2D eigenvalue weighted by Crippen LogP contribution is 2.23. The van der Waals surface area contributed by atoms with Gasteiger partial charge in [0.1, 0.15) is 5.82 Å². The maximum Gasteiger partial charge on any atom is 0.229 e. The first kappa shape index (κ1) is 16.7. The van der Waals surface area contributed by atoms with Crippen molar-refractivity contribution in [2.24, 2.45) is 0 Å². The molecule has 0 spiro atoms. The molecule has 22 heavy (non-hydrogen) atoms. The van der Waals surface area contributed by atoms with E-state index >= 15 is 0 Å². The fraction of sp³-hybridized carbons (Fsp3) is 0.412. The van der Waals surface area contributed by atoms with Crippen LogP contribution in [0.5, 0.6) is 0 Å². The van der Waals surface area contributed by atoms with Crippen LogP contribution in [0.4, 0.5) is 17.5 Å². The summed E-state index contributed by atoms with van der Waals surface area (Å²) in [7, 11) is 2.07. The van der Waals surface area contributed by atoms with E-state index in [0.29, 0.717) is 5.95 Å². The Bertz CT molecular complexity index is 643. The van der Waals surface area contributed by atoms with Crippen LogP contribution >= 0.6 is 15.9 Å². The lowest BCUT2D eigenvalue weighted by atomic mass is 10.2. The third-order valence-electron chi connectivity index (χ3n) is 3.51. The number of aromatic nitrogens is 2. The van der Waals surface area contributed by atoms with Crippen molar-refractivity contribution < 1.29 is 0 Å². The molecule has 2 rings (SSSR count). The minimum Gasteiger partial charge on any atom is -0.360 e. The first-order valence-electron chi connectivity index (χ1n) is 7.59. The lowest BCUT2D eigenvalue weighted by Crippen LogP contribution is -2.20. The quantitative estimate of drug-likeness (QED) is 0.798. The lowest BCUT2D eigenvalue weighted by Gasteiger charge is -2.19. The molecular weight excluding hydrogens is 340 g/mol. The minimum absolute atomic E-state index is 0.633. The summed E-state index contributed by atoms with van der Waals surface area (Å²) in [5.41, 5.74) is 3.14. The predicted molar refractivity (Wildman–Crippen MR) is 97.1 cm³/mol. The molecule has 0 atom stereocenters. The van der Waals surface area contributed by atoms with Gasteiger partial charge in [-0.25, -0.2) is 4.98 Å². The number of nitrogens with one attached hydrogen (secondary N) is 1. The number of rotatable bonds is 6. The summed E-state index contributed by atoms with van der Waals surface area (Å²) in [4.78, 5) is 11.3. The number of halogens is 1. The van der Waals surface area contributed by atoms with E-state index < -0.39 is 0 Å². The van der Waals surface area contributed by atoms with Gasteiger partial charge in [0.05, 0.1) is 0 Å². The third-order valence-corrected chi connectivity index (χ3v) is 4.36. The van der Waals surface area contributed by atoms with Gasteiger partial charge in [-0.15, -0.1) is 0 Å². The predicted octanol–water partition coefficient (Wildman–Crippen LogP) is 4.84. The number of aryl methyl sites for hydroxylation is 2. The number of unbranched alkanes of at least 4 members (excludes halogenated alkanes) is 1. The molecule has 1 N–H and O–H groups in total. The molecule has 0 unspecified atom stereocenters. The number of nitrogens with zero attached hydrogens (tertiary/aromatic N) is 3. The molecule has 0 aliphatic rings. The van der Waals surface area contributed by atoms with E-state index in [9.17, 15) is 0 Å². The van der Waals surface area contributed by atoms with Gasteiger partial charge in [-0.05, 0) is 38.0 Å². The summed E-state index contributed by atoms with van der Waals surface area (Å²) in [5.74, 6) is 1.59. The molecule has 0 amide bonds. The minimum atomic E-state index is 0.633. The fourth-order valence-electron chi connectivity index (χ4n) is 2.11. The monoisotopic (exact) mass is 362 g/mol. The lowest BCUT2D eigenvalue weighted by molar-refractivity contribution is 0.758. The Hall–Kier alpha value is -1.62. The fourth-order valence-corrected chi connectivity index (χ4v) is 2.49. The average molecular weight is 363 g/mol. The Balaban J connectivity index is 2.20. The van der Waals surface area contributed by atoms with Gasteiger partial charge < -0.3 is 10.2 Å². The van der Waals surface area contributed by atoms with Crippen molar-refractivity contribution in [3.63, 3.8) is 0 Å². The molecule has 1 heterocycles. The van der Waals surface area contributed by atoms with Gasteiger partial charge in [0.2, 0.25) is 5.95 Å². The Morgan fingerprint density at radius 2 is 1.95 bits per heavy atom. The summed E-state index contributed by atoms with van der Waals surface area (Å²) < 4.78 is 1.07. The molecule has 2 aromatic rings. The number of anilines is 3. The van der Waals surface area contributed by atoms with Crippen LogP contribution in [0.25, 0.3) is 0 Å². The molecule has 1 aromatic heterocycles. The smallest absolute Gasteiger partial charge is 0.229 e. The van der Waals surface area contributed by atoms with Crippen molar-refractivity contribution in [2.45, 2.75) is 33.6 Å². The second kappa shape index (κ2) is 7.58. The van der Waals surface area contributed by atoms with Crippen LogP contribution in [0, 0.1) is 13.8 Å². The Kier molecular flexibility index (Phi) is 5.77. The van der Waals surface area contributed by atoms with Gasteiger partial charge >= 0.3 is 0 Å². The highest BCUT2D eigenvalue weighted by molar-refractivity contribution is 9.10. The number of benzene rings is 1. The van der Waals surface area contributed by atoms with Crippen molar-refractivity contribution in [1.82, 2.24) is 9.97 Å². The molecule has 1 aromatic carbocycles. The molecule has 0 saturated heterocycles. The average Bonchev–Trinajstić information content (AvgIpc) is 2.48. The topological polar surface area (TPSA) is 41.1 Å². The van der Waals surface area contributed by atoms with Gasteiger partial charge in [0.15, 0.2) is 0 Å². The summed E-state index contributed by atoms with van der Waals surface area (Å²) in [6.07, 6.45) is 2.34. The zero-order valence-electron chi connectivity index (χ0n) is 13.7. The van der Waals surface area contributed by atoms with Crippen molar-refractivity contribution in [3.8, 4) is 0 Å². The summed E-state index contributed by atoms with van der Waals surface area (Å²) in [6.45, 7) is 7.26. The van der Waals surface area contributed by atoms with Gasteiger partial charge in [0, 0.05) is 35.5 Å². The Morgan fingerprint density at radius 1 is 1.18 bits per heavy atom. The maximum absolute atomic E-state index is 4.62. The molecule has 0 aliphatic heterocycles. The number of hydrogen-bond donors (Lipinski definition) is 1. The summed E-state index contributed by atoms with van der Waals surface area (Å²) in [6, 6.07) is 8.16. The Labute approximate surface area is 141 Å². The maximum atomic E-state index is 4.62. The zero-order chi connectivity index (χ0) is 16.1. The molecule has 4 nitrogen and oxygen atoms in total. The standard InChI is InChI=1S/C17H23BrN4/c1-5-6-9-22(4)16-10-13(3)19-17(21-16)20-14-8-7-12(2)15(18)11-14/h7-8,10-11H,5-6,9H2,1-4H3,(H,19,20,21). The second-order valence-corrected chi connectivity index (χ2v) is 6.41. The first-order valence-corrected chi connectivity index (χ1v) is 8.39. The highest BCUT2D eigenvalue weighted by atomic mass is 79.9. The normalized spacial score (nSPS) is 10.6. The third kappa shape index (κ3) is 4.44. The van der Waals surface area contributed by atoms with E-state index in [-0.39, 0.29) is 0 Å². The number of hydrogen-bond acceptors (Lipinski definition) is 4. The molecule has 0 saturated carbocycles. The van der Waals surface area contributed by atoms with Gasteiger partial charge in [-0.2, -0.15) is 4.98 Å². The summed E-state index contributed by atoms with van der Waals surface area (Å²) in [5, 5.41) is 3.29. The van der Waals surface area contributed by atoms with Crippen LogP contribution in [0.1, 0.15) is 31.0 Å².